The van der Waals surface area contributed by atoms with Crippen molar-refractivity contribution >= 4 is 11.6 Å². The highest BCUT2D eigenvalue weighted by molar-refractivity contribution is 6.01. The minimum atomic E-state index is -0.514. The fourth-order valence-electron chi connectivity index (χ4n) is 2.47. The molecule has 140 valence electrons. The molecular formula is C19H18N2O6. The number of phenols is 1. The molecule has 0 aliphatic rings. The van der Waals surface area contributed by atoms with Gasteiger partial charge in [-0.15, -0.1) is 0 Å². The molecule has 3 aromatic rings. The maximum Gasteiger partial charge on any atom is 0.311 e. The van der Waals surface area contributed by atoms with E-state index in [1.54, 1.807) is 24.3 Å². The van der Waals surface area contributed by atoms with Gasteiger partial charge >= 0.3 is 5.91 Å². The Kier molecular flexibility index (Phi) is 5.16. The second-order valence-electron chi connectivity index (χ2n) is 5.44. The van der Waals surface area contributed by atoms with E-state index < -0.39 is 5.91 Å². The van der Waals surface area contributed by atoms with Crippen LogP contribution in [0, 0.1) is 0 Å². The number of aromatic nitrogens is 1. The second-order valence-corrected chi connectivity index (χ2v) is 5.44. The first-order valence-electron chi connectivity index (χ1n) is 7.92. The Bertz CT molecular complexity index is 924. The highest BCUT2D eigenvalue weighted by Crippen LogP contribution is 2.41. The number of rotatable bonds is 6. The Morgan fingerprint density at radius 1 is 1.04 bits per heavy atom. The minimum absolute atomic E-state index is 0.105. The summed E-state index contributed by atoms with van der Waals surface area (Å²) in [7, 11) is 4.54. The highest BCUT2D eigenvalue weighted by atomic mass is 16.5. The van der Waals surface area contributed by atoms with E-state index in [0.29, 0.717) is 34.3 Å². The van der Waals surface area contributed by atoms with Crippen LogP contribution < -0.4 is 19.5 Å². The van der Waals surface area contributed by atoms with Crippen molar-refractivity contribution in [3.63, 3.8) is 0 Å². The molecule has 0 saturated heterocycles. The van der Waals surface area contributed by atoms with Gasteiger partial charge in [-0.1, -0.05) is 0 Å². The van der Waals surface area contributed by atoms with Crippen LogP contribution >= 0.6 is 0 Å². The van der Waals surface area contributed by atoms with Crippen LogP contribution in [0.5, 0.6) is 23.0 Å². The van der Waals surface area contributed by atoms with Crippen molar-refractivity contribution in [3.8, 4) is 34.3 Å². The molecule has 0 aliphatic carbocycles. The van der Waals surface area contributed by atoms with E-state index in [2.05, 4.69) is 10.3 Å². The van der Waals surface area contributed by atoms with E-state index in [9.17, 15) is 9.90 Å². The molecular weight excluding hydrogens is 352 g/mol. The summed E-state index contributed by atoms with van der Waals surface area (Å²) in [6.45, 7) is 0. The van der Waals surface area contributed by atoms with Gasteiger partial charge in [0, 0.05) is 11.3 Å². The number of benzene rings is 2. The van der Waals surface area contributed by atoms with Gasteiger partial charge in [0.05, 0.1) is 27.5 Å². The molecule has 0 atom stereocenters. The average molecular weight is 370 g/mol. The first-order chi connectivity index (χ1) is 13.0. The van der Waals surface area contributed by atoms with E-state index in [4.69, 9.17) is 18.6 Å². The van der Waals surface area contributed by atoms with E-state index >= 15 is 0 Å². The summed E-state index contributed by atoms with van der Waals surface area (Å²) in [4.78, 5) is 16.3. The van der Waals surface area contributed by atoms with Gasteiger partial charge < -0.3 is 29.1 Å². The Morgan fingerprint density at radius 2 is 1.67 bits per heavy atom. The highest BCUT2D eigenvalue weighted by Gasteiger charge is 2.18. The fraction of sp³-hybridized carbons (Fsp3) is 0.158. The zero-order valence-corrected chi connectivity index (χ0v) is 15.0. The number of methoxy groups -OCH3 is 3. The molecule has 3 rings (SSSR count). The number of hydrogen-bond acceptors (Lipinski definition) is 7. The Labute approximate surface area is 155 Å². The van der Waals surface area contributed by atoms with Crippen LogP contribution in [0.1, 0.15) is 10.7 Å². The summed E-state index contributed by atoms with van der Waals surface area (Å²) in [5, 5.41) is 11.9. The molecule has 2 N–H and O–H groups in total. The van der Waals surface area contributed by atoms with Crippen molar-refractivity contribution in [2.24, 2.45) is 0 Å². The van der Waals surface area contributed by atoms with Crippen molar-refractivity contribution in [2.45, 2.75) is 0 Å². The number of aromatic hydroxyl groups is 1. The predicted molar refractivity (Wildman–Crippen MR) is 97.7 cm³/mol. The summed E-state index contributed by atoms with van der Waals surface area (Å²) < 4.78 is 21.5. The van der Waals surface area contributed by atoms with Crippen molar-refractivity contribution < 1.29 is 28.5 Å². The van der Waals surface area contributed by atoms with Gasteiger partial charge in [0.1, 0.15) is 5.75 Å². The molecule has 0 spiro atoms. The van der Waals surface area contributed by atoms with Crippen LogP contribution in [0.15, 0.2) is 47.0 Å². The zero-order valence-electron chi connectivity index (χ0n) is 15.0. The maximum absolute atomic E-state index is 12.3. The average Bonchev–Trinajstić information content (AvgIpc) is 3.19. The molecule has 2 aromatic carbocycles. The van der Waals surface area contributed by atoms with Crippen molar-refractivity contribution in [3.05, 3.63) is 48.5 Å². The summed E-state index contributed by atoms with van der Waals surface area (Å²) >= 11 is 0. The van der Waals surface area contributed by atoms with E-state index in [1.165, 1.54) is 39.7 Å². The lowest BCUT2D eigenvalue weighted by molar-refractivity contribution is 0.0991. The van der Waals surface area contributed by atoms with Crippen LogP contribution in [0.3, 0.4) is 0 Å². The lowest BCUT2D eigenvalue weighted by atomic mass is 10.1. The molecule has 0 bridgehead atoms. The summed E-state index contributed by atoms with van der Waals surface area (Å²) in [6, 6.07) is 9.46. The number of carbonyl (C=O) groups is 1. The smallest absolute Gasteiger partial charge is 0.311 e. The van der Waals surface area contributed by atoms with Crippen LogP contribution in [-0.4, -0.2) is 37.3 Å². The van der Waals surface area contributed by atoms with Crippen molar-refractivity contribution in [1.82, 2.24) is 4.98 Å². The summed E-state index contributed by atoms with van der Waals surface area (Å²) in [5.41, 5.74) is 1.12. The Hall–Kier alpha value is -3.68. The Balaban J connectivity index is 1.86. The normalized spacial score (nSPS) is 10.3. The fourth-order valence-corrected chi connectivity index (χ4v) is 2.47. The molecule has 0 unspecified atom stereocenters. The number of carbonyl (C=O) groups excluding carboxylic acids is 1. The largest absolute Gasteiger partial charge is 0.508 e. The van der Waals surface area contributed by atoms with Gasteiger partial charge in [-0.2, -0.15) is 0 Å². The number of nitrogens with one attached hydrogen (secondary N) is 1. The first-order valence-corrected chi connectivity index (χ1v) is 7.92. The monoisotopic (exact) mass is 370 g/mol. The van der Waals surface area contributed by atoms with Gasteiger partial charge in [-0.05, 0) is 36.4 Å². The van der Waals surface area contributed by atoms with Crippen molar-refractivity contribution in [2.75, 3.05) is 26.6 Å². The summed E-state index contributed by atoms with van der Waals surface area (Å²) in [6.07, 6.45) is 1.44. The molecule has 1 heterocycles. The van der Waals surface area contributed by atoms with Gasteiger partial charge in [0.2, 0.25) is 5.75 Å². The quantitative estimate of drug-likeness (QED) is 0.642. The number of anilines is 1. The third kappa shape index (κ3) is 3.79. The number of amides is 1. The van der Waals surface area contributed by atoms with E-state index in [0.717, 1.165) is 0 Å². The topological polar surface area (TPSA) is 103 Å². The molecule has 0 fully saturated rings. The number of phenolic OH excluding ortho intramolecular Hbond substituents is 1. The molecule has 1 amide bonds. The molecule has 0 radical (unpaired) electrons. The molecule has 8 heteroatoms. The summed E-state index contributed by atoms with van der Waals surface area (Å²) in [5.74, 6) is 1.22. The number of hydrogen-bond donors (Lipinski definition) is 2. The van der Waals surface area contributed by atoms with Crippen LogP contribution in [0.25, 0.3) is 11.3 Å². The molecule has 1 aromatic heterocycles. The maximum atomic E-state index is 12.3. The SMILES string of the molecule is COc1cc(-c2cnc(C(=O)Nc3ccc(O)cc3)o2)cc(OC)c1OC. The number of nitrogens with zero attached hydrogens (tertiary/aromatic N) is 1. The van der Waals surface area contributed by atoms with Crippen LogP contribution in [0.2, 0.25) is 0 Å². The molecule has 0 aliphatic heterocycles. The first kappa shape index (κ1) is 18.1. The lowest BCUT2D eigenvalue weighted by Crippen LogP contribution is -2.11. The van der Waals surface area contributed by atoms with Gasteiger partial charge in [-0.3, -0.25) is 4.79 Å². The van der Waals surface area contributed by atoms with E-state index in [1.807, 2.05) is 0 Å². The standard InChI is InChI=1S/C19H18N2O6/c1-24-14-8-11(9-15(25-2)17(14)26-3)16-10-20-19(27-16)18(23)21-12-4-6-13(22)7-5-12/h4-10,22H,1-3H3,(H,21,23). The third-order valence-electron chi connectivity index (χ3n) is 3.77. The number of ether oxygens (including phenoxy) is 3. The van der Waals surface area contributed by atoms with Crippen LogP contribution in [-0.2, 0) is 0 Å². The van der Waals surface area contributed by atoms with Gasteiger partial charge in [0.25, 0.3) is 5.89 Å². The second kappa shape index (κ2) is 7.69. The van der Waals surface area contributed by atoms with Gasteiger partial charge in [0.15, 0.2) is 17.3 Å². The molecule has 27 heavy (non-hydrogen) atoms. The van der Waals surface area contributed by atoms with Gasteiger partial charge in [-0.25, -0.2) is 4.98 Å². The third-order valence-corrected chi connectivity index (χ3v) is 3.77. The number of oxazole rings is 1. The lowest BCUT2D eigenvalue weighted by Gasteiger charge is -2.13. The molecule has 8 nitrogen and oxygen atoms in total. The van der Waals surface area contributed by atoms with E-state index in [-0.39, 0.29) is 11.6 Å². The predicted octanol–water partition coefficient (Wildman–Crippen LogP) is 3.33. The zero-order chi connectivity index (χ0) is 19.4. The minimum Gasteiger partial charge on any atom is -0.508 e. The van der Waals surface area contributed by atoms with Crippen molar-refractivity contribution in [1.29, 1.82) is 0 Å². The molecule has 0 saturated carbocycles. The van der Waals surface area contributed by atoms with Crippen LogP contribution in [0.4, 0.5) is 5.69 Å². The Morgan fingerprint density at radius 3 is 2.22 bits per heavy atom.